The molecule has 6 nitrogen and oxygen atoms in total. The Hall–Kier alpha value is -1.63. The first-order valence-electron chi connectivity index (χ1n) is 9.92. The first kappa shape index (κ1) is 24.4. The average Bonchev–Trinajstić information content (AvgIpc) is 2.71. The number of ether oxygens (including phenoxy) is 1. The van der Waals surface area contributed by atoms with Gasteiger partial charge in [-0.1, -0.05) is 6.92 Å². The summed E-state index contributed by atoms with van der Waals surface area (Å²) in [7, 11) is 1.71. The van der Waals surface area contributed by atoms with Gasteiger partial charge in [0.15, 0.2) is 0 Å². The summed E-state index contributed by atoms with van der Waals surface area (Å²) >= 11 is 0. The number of amides is 2. The Bertz CT molecular complexity index is 610. The van der Waals surface area contributed by atoms with E-state index in [4.69, 9.17) is 4.74 Å². The molecule has 1 aromatic rings. The van der Waals surface area contributed by atoms with E-state index in [0.29, 0.717) is 30.8 Å². The molecule has 0 radical (unpaired) electrons. The molecule has 28 heavy (non-hydrogen) atoms. The highest BCUT2D eigenvalue weighted by molar-refractivity contribution is 5.97. The zero-order valence-corrected chi connectivity index (χ0v) is 18.1. The van der Waals surface area contributed by atoms with Gasteiger partial charge in [-0.3, -0.25) is 9.59 Å². The Morgan fingerprint density at radius 2 is 1.75 bits per heavy atom. The highest BCUT2D eigenvalue weighted by Crippen LogP contribution is 2.28. The lowest BCUT2D eigenvalue weighted by atomic mass is 9.79. The van der Waals surface area contributed by atoms with Gasteiger partial charge in [0, 0.05) is 43.3 Å². The van der Waals surface area contributed by atoms with Gasteiger partial charge in [-0.25, -0.2) is 0 Å². The SMILES string of the molecule is CCCN(CC)C(=O)c1ccc(C(=O)NCC2(COC)CCNCC2)cc1.Cl. The molecule has 7 heteroatoms. The van der Waals surface area contributed by atoms with Crippen molar-refractivity contribution in [3.63, 3.8) is 0 Å². The van der Waals surface area contributed by atoms with Gasteiger partial charge in [0.05, 0.1) is 6.61 Å². The fourth-order valence-corrected chi connectivity index (χ4v) is 3.63. The molecule has 2 rings (SSSR count). The van der Waals surface area contributed by atoms with Crippen molar-refractivity contribution < 1.29 is 14.3 Å². The van der Waals surface area contributed by atoms with E-state index in [0.717, 1.165) is 38.9 Å². The van der Waals surface area contributed by atoms with Crippen LogP contribution in [-0.4, -0.2) is 63.2 Å². The molecule has 0 saturated carbocycles. The summed E-state index contributed by atoms with van der Waals surface area (Å²) in [6.45, 7) is 8.60. The predicted octanol–water partition coefficient (Wildman–Crippen LogP) is 2.73. The zero-order chi connectivity index (χ0) is 19.7. The summed E-state index contributed by atoms with van der Waals surface area (Å²) in [6.07, 6.45) is 2.90. The predicted molar refractivity (Wildman–Crippen MR) is 114 cm³/mol. The van der Waals surface area contributed by atoms with E-state index in [2.05, 4.69) is 17.6 Å². The van der Waals surface area contributed by atoms with Crippen LogP contribution in [0.1, 0.15) is 53.8 Å². The molecule has 0 atom stereocenters. The summed E-state index contributed by atoms with van der Waals surface area (Å²) in [5.74, 6) is -0.0935. The maximum Gasteiger partial charge on any atom is 0.253 e. The number of methoxy groups -OCH3 is 1. The number of benzene rings is 1. The molecule has 1 saturated heterocycles. The Morgan fingerprint density at radius 1 is 1.14 bits per heavy atom. The topological polar surface area (TPSA) is 70.7 Å². The molecule has 1 aromatic carbocycles. The average molecular weight is 412 g/mol. The van der Waals surface area contributed by atoms with Gasteiger partial charge in [-0.05, 0) is 63.5 Å². The molecule has 1 aliphatic heterocycles. The largest absolute Gasteiger partial charge is 0.384 e. The quantitative estimate of drug-likeness (QED) is 0.655. The Kier molecular flexibility index (Phi) is 10.5. The first-order valence-corrected chi connectivity index (χ1v) is 9.92. The number of hydrogen-bond donors (Lipinski definition) is 2. The molecule has 0 bridgehead atoms. The van der Waals surface area contributed by atoms with Crippen LogP contribution in [-0.2, 0) is 4.74 Å². The minimum absolute atomic E-state index is 0. The molecule has 0 unspecified atom stereocenters. The van der Waals surface area contributed by atoms with E-state index >= 15 is 0 Å². The van der Waals surface area contributed by atoms with Crippen molar-refractivity contribution in [2.45, 2.75) is 33.1 Å². The normalized spacial score (nSPS) is 15.4. The monoisotopic (exact) mass is 411 g/mol. The highest BCUT2D eigenvalue weighted by atomic mass is 35.5. The van der Waals surface area contributed by atoms with Crippen molar-refractivity contribution in [3.8, 4) is 0 Å². The van der Waals surface area contributed by atoms with Gasteiger partial charge in [0.2, 0.25) is 0 Å². The van der Waals surface area contributed by atoms with Gasteiger partial charge in [-0.2, -0.15) is 0 Å². The maximum atomic E-state index is 12.5. The van der Waals surface area contributed by atoms with Crippen LogP contribution in [0.3, 0.4) is 0 Å². The lowest BCUT2D eigenvalue weighted by Gasteiger charge is -2.37. The number of rotatable bonds is 9. The van der Waals surface area contributed by atoms with E-state index in [9.17, 15) is 9.59 Å². The van der Waals surface area contributed by atoms with Crippen LogP contribution in [0.15, 0.2) is 24.3 Å². The van der Waals surface area contributed by atoms with Crippen LogP contribution in [0.5, 0.6) is 0 Å². The van der Waals surface area contributed by atoms with Crippen molar-refractivity contribution in [1.82, 2.24) is 15.5 Å². The maximum absolute atomic E-state index is 12.5. The van der Waals surface area contributed by atoms with Crippen molar-refractivity contribution >= 4 is 24.2 Å². The molecular weight excluding hydrogens is 378 g/mol. The van der Waals surface area contributed by atoms with E-state index in [1.165, 1.54) is 0 Å². The van der Waals surface area contributed by atoms with E-state index in [-0.39, 0.29) is 29.6 Å². The summed E-state index contributed by atoms with van der Waals surface area (Å²) in [4.78, 5) is 26.9. The molecule has 158 valence electrons. The van der Waals surface area contributed by atoms with Crippen LogP contribution in [0.25, 0.3) is 0 Å². The number of piperidine rings is 1. The third-order valence-electron chi connectivity index (χ3n) is 5.30. The van der Waals surface area contributed by atoms with E-state index in [1.807, 2.05) is 11.8 Å². The molecule has 0 aliphatic carbocycles. The van der Waals surface area contributed by atoms with E-state index in [1.54, 1.807) is 31.4 Å². The zero-order valence-electron chi connectivity index (χ0n) is 17.3. The van der Waals surface area contributed by atoms with Gasteiger partial charge in [0.25, 0.3) is 11.8 Å². The van der Waals surface area contributed by atoms with Gasteiger partial charge >= 0.3 is 0 Å². The molecule has 0 aromatic heterocycles. The molecule has 1 fully saturated rings. The summed E-state index contributed by atoms with van der Waals surface area (Å²) in [6, 6.07) is 6.94. The number of carbonyl (C=O) groups is 2. The lowest BCUT2D eigenvalue weighted by molar-refractivity contribution is 0.0511. The smallest absolute Gasteiger partial charge is 0.253 e. The van der Waals surface area contributed by atoms with Crippen LogP contribution in [0.2, 0.25) is 0 Å². The minimum Gasteiger partial charge on any atom is -0.384 e. The molecule has 2 N–H and O–H groups in total. The minimum atomic E-state index is -0.107. The second kappa shape index (κ2) is 12.0. The van der Waals surface area contributed by atoms with Gasteiger partial charge < -0.3 is 20.3 Å². The fraction of sp³-hybridized carbons (Fsp3) is 0.619. The highest BCUT2D eigenvalue weighted by Gasteiger charge is 2.32. The van der Waals surface area contributed by atoms with Crippen LogP contribution >= 0.6 is 12.4 Å². The van der Waals surface area contributed by atoms with Gasteiger partial charge in [0.1, 0.15) is 0 Å². The van der Waals surface area contributed by atoms with Crippen LogP contribution < -0.4 is 10.6 Å². The van der Waals surface area contributed by atoms with Crippen molar-refractivity contribution in [2.75, 3.05) is 46.4 Å². The number of halogens is 1. The molecule has 2 amide bonds. The number of hydrogen-bond acceptors (Lipinski definition) is 4. The summed E-state index contributed by atoms with van der Waals surface area (Å²) in [5, 5.41) is 6.41. The van der Waals surface area contributed by atoms with Crippen LogP contribution in [0, 0.1) is 5.41 Å². The molecular formula is C21H34ClN3O3. The Balaban J connectivity index is 0.00000392. The Labute approximate surface area is 174 Å². The molecule has 1 heterocycles. The lowest BCUT2D eigenvalue weighted by Crippen LogP contribution is -2.47. The van der Waals surface area contributed by atoms with Gasteiger partial charge in [-0.15, -0.1) is 12.4 Å². The van der Waals surface area contributed by atoms with Crippen LogP contribution in [0.4, 0.5) is 0 Å². The van der Waals surface area contributed by atoms with E-state index < -0.39 is 0 Å². The molecule has 0 spiro atoms. The Morgan fingerprint density at radius 3 is 2.29 bits per heavy atom. The second-order valence-electron chi connectivity index (χ2n) is 7.33. The summed E-state index contributed by atoms with van der Waals surface area (Å²) in [5.41, 5.74) is 1.19. The summed E-state index contributed by atoms with van der Waals surface area (Å²) < 4.78 is 5.40. The first-order chi connectivity index (χ1) is 13.0. The van der Waals surface area contributed by atoms with Crippen molar-refractivity contribution in [3.05, 3.63) is 35.4 Å². The number of carbonyl (C=O) groups excluding carboxylic acids is 2. The number of nitrogens with one attached hydrogen (secondary N) is 2. The van der Waals surface area contributed by atoms with Crippen molar-refractivity contribution in [1.29, 1.82) is 0 Å². The third kappa shape index (κ3) is 6.47. The fourth-order valence-electron chi connectivity index (χ4n) is 3.63. The molecule has 1 aliphatic rings. The third-order valence-corrected chi connectivity index (χ3v) is 5.30. The number of nitrogens with zero attached hydrogens (tertiary/aromatic N) is 1. The second-order valence-corrected chi connectivity index (χ2v) is 7.33. The standard InChI is InChI=1S/C21H33N3O3.ClH/c1-4-14-24(5-2)20(26)18-8-6-17(7-9-18)19(25)23-15-21(16-27-3)10-12-22-13-11-21;/h6-9,22H,4-5,10-16H2,1-3H3,(H,23,25);1H. The van der Waals surface area contributed by atoms with Crippen molar-refractivity contribution in [2.24, 2.45) is 5.41 Å².